The fourth-order valence-corrected chi connectivity index (χ4v) is 3.11. The van der Waals surface area contributed by atoms with Gasteiger partial charge >= 0.3 is 0 Å². The molecular weight excluding hydrogens is 412 g/mol. The Labute approximate surface area is 184 Å². The van der Waals surface area contributed by atoms with Gasteiger partial charge in [0.15, 0.2) is 12.4 Å². The van der Waals surface area contributed by atoms with Crippen molar-refractivity contribution in [2.75, 3.05) is 25.1 Å². The van der Waals surface area contributed by atoms with E-state index in [0.29, 0.717) is 6.54 Å². The van der Waals surface area contributed by atoms with Crippen LogP contribution in [0.2, 0.25) is 0 Å². The highest BCUT2D eigenvalue weighted by Gasteiger charge is 1.99. The Morgan fingerprint density at radius 3 is 1.94 bits per heavy atom. The number of likely N-dealkylation sites (N-methyl/N-ethyl adjacent to an activating group) is 1. The molecule has 0 spiro atoms. The highest BCUT2D eigenvalue weighted by molar-refractivity contribution is 7.85. The Balaban J connectivity index is 0.000000262. The second-order valence-corrected chi connectivity index (χ2v) is 8.51. The van der Waals surface area contributed by atoms with Gasteiger partial charge in [0.2, 0.25) is 0 Å². The molecule has 3 aromatic rings. The van der Waals surface area contributed by atoms with Crippen molar-refractivity contribution in [1.82, 2.24) is 0 Å². The van der Waals surface area contributed by atoms with Crippen LogP contribution >= 0.6 is 0 Å². The van der Waals surface area contributed by atoms with Gasteiger partial charge in [-0.25, -0.2) is 13.0 Å². The van der Waals surface area contributed by atoms with Gasteiger partial charge in [0.05, 0.1) is 11.5 Å². The van der Waals surface area contributed by atoms with E-state index in [2.05, 4.69) is 48.6 Å². The second kappa shape index (κ2) is 11.4. The molecule has 0 atom stereocenters. The van der Waals surface area contributed by atoms with Crippen LogP contribution in [0.5, 0.6) is 0 Å². The Morgan fingerprint density at radius 1 is 0.935 bits per heavy atom. The molecule has 0 fully saturated rings. The minimum atomic E-state index is -4.27. The molecule has 31 heavy (non-hydrogen) atoms. The summed E-state index contributed by atoms with van der Waals surface area (Å²) in [5, 5.41) is 8.93. The lowest BCUT2D eigenvalue weighted by Crippen LogP contribution is -2.25. The van der Waals surface area contributed by atoms with E-state index in [1.54, 1.807) is 12.1 Å². The third-order valence-corrected chi connectivity index (χ3v) is 5.40. The summed E-state index contributed by atoms with van der Waals surface area (Å²) in [5.74, 6) is 0. The number of aryl methyl sites for hydroxylation is 2. The molecule has 0 bridgehead atoms. The molecule has 7 heteroatoms. The molecule has 164 valence electrons. The summed E-state index contributed by atoms with van der Waals surface area (Å²) in [7, 11) is -0.283. The van der Waals surface area contributed by atoms with Gasteiger partial charge in [-0.2, -0.15) is 0 Å². The fraction of sp³-hybridized carbons (Fsp3) is 0.208. The number of aliphatic hydroxyl groups is 1. The quantitative estimate of drug-likeness (QED) is 0.471. The van der Waals surface area contributed by atoms with Crippen molar-refractivity contribution >= 4 is 28.0 Å². The molecule has 6 nitrogen and oxygen atoms in total. The number of aliphatic hydroxyl groups excluding tert-OH is 1. The van der Waals surface area contributed by atoms with E-state index < -0.39 is 10.1 Å². The smallest absolute Gasteiger partial charge is 0.169 e. The molecule has 0 saturated carbocycles. The van der Waals surface area contributed by atoms with Crippen molar-refractivity contribution < 1.29 is 22.6 Å². The minimum absolute atomic E-state index is 0.170. The molecule has 0 aliphatic heterocycles. The first-order chi connectivity index (χ1) is 14.7. The van der Waals surface area contributed by atoms with Crippen LogP contribution < -0.4 is 9.47 Å². The van der Waals surface area contributed by atoms with Gasteiger partial charge in [0.1, 0.15) is 17.2 Å². The molecule has 1 heterocycles. The lowest BCUT2D eigenvalue weighted by atomic mass is 10.1. The number of aromatic nitrogens is 1. The van der Waals surface area contributed by atoms with Gasteiger partial charge < -0.3 is 14.6 Å². The largest absolute Gasteiger partial charge is 0.744 e. The molecule has 3 rings (SSSR count). The standard InChI is InChI=1S/C17H21N2O.C7H8O3S/c1-18-11-9-16(10-12-18)4-3-15-5-7-17(8-6-15)19(2)13-14-20;1-6-2-4-7(5-3-6)11(8,9)10/h3-12,20H,13-14H2,1-2H3;2-5H,1H3,(H,8,9,10)/q+1;/p-1. The predicted octanol–water partition coefficient (Wildman–Crippen LogP) is 3.01. The van der Waals surface area contributed by atoms with E-state index in [1.165, 1.54) is 23.3 Å². The average Bonchev–Trinajstić information content (AvgIpc) is 2.74. The molecule has 1 N–H and O–H groups in total. The molecule has 2 aromatic carbocycles. The first-order valence-electron chi connectivity index (χ1n) is 9.77. The third kappa shape index (κ3) is 8.33. The van der Waals surface area contributed by atoms with Gasteiger partial charge in [-0.1, -0.05) is 42.0 Å². The lowest BCUT2D eigenvalue weighted by molar-refractivity contribution is -0.671. The van der Waals surface area contributed by atoms with E-state index in [4.69, 9.17) is 5.11 Å². The SMILES string of the molecule is CN(CCO)c1ccc(/C=C/c2cc[n+](C)cc2)cc1.Cc1ccc(S(=O)(=O)[O-])cc1. The van der Waals surface area contributed by atoms with Crippen molar-refractivity contribution in [3.05, 3.63) is 89.7 Å². The first kappa shape index (κ1) is 24.3. The number of rotatable bonds is 6. The van der Waals surface area contributed by atoms with Gasteiger partial charge in [-0.15, -0.1) is 0 Å². The van der Waals surface area contributed by atoms with Gasteiger partial charge in [-0.05, 0) is 42.3 Å². The minimum Gasteiger partial charge on any atom is -0.744 e. The summed E-state index contributed by atoms with van der Waals surface area (Å²) in [6, 6.07) is 18.3. The van der Waals surface area contributed by atoms with Crippen molar-refractivity contribution in [1.29, 1.82) is 0 Å². The molecule has 0 unspecified atom stereocenters. The summed E-state index contributed by atoms with van der Waals surface area (Å²) >= 11 is 0. The van der Waals surface area contributed by atoms with Crippen LogP contribution in [0.25, 0.3) is 12.2 Å². The zero-order valence-corrected chi connectivity index (χ0v) is 18.8. The van der Waals surface area contributed by atoms with Crippen LogP contribution in [-0.2, 0) is 17.2 Å². The maximum Gasteiger partial charge on any atom is 0.169 e. The van der Waals surface area contributed by atoms with E-state index in [9.17, 15) is 13.0 Å². The number of nitrogens with zero attached hydrogens (tertiary/aromatic N) is 2. The van der Waals surface area contributed by atoms with Crippen molar-refractivity contribution in [3.63, 3.8) is 0 Å². The molecule has 0 aliphatic carbocycles. The Morgan fingerprint density at radius 2 is 1.45 bits per heavy atom. The average molecular weight is 441 g/mol. The van der Waals surface area contributed by atoms with Crippen molar-refractivity contribution in [2.45, 2.75) is 11.8 Å². The molecule has 1 aromatic heterocycles. The molecule has 0 radical (unpaired) electrons. The summed E-state index contributed by atoms with van der Waals surface area (Å²) < 4.78 is 33.2. The van der Waals surface area contributed by atoms with Gasteiger partial charge in [0, 0.05) is 31.4 Å². The molecule has 0 saturated heterocycles. The van der Waals surface area contributed by atoms with E-state index in [1.807, 2.05) is 42.9 Å². The van der Waals surface area contributed by atoms with Crippen LogP contribution in [0, 0.1) is 6.92 Å². The summed E-state index contributed by atoms with van der Waals surface area (Å²) in [5.41, 5.74) is 4.39. The normalized spacial score (nSPS) is 11.1. The molecular formula is C24H28N2O4S. The topological polar surface area (TPSA) is 84.5 Å². The highest BCUT2D eigenvalue weighted by atomic mass is 32.2. The van der Waals surface area contributed by atoms with Crippen LogP contribution in [0.3, 0.4) is 0 Å². The Kier molecular flexibility index (Phi) is 8.93. The van der Waals surface area contributed by atoms with E-state index >= 15 is 0 Å². The predicted molar refractivity (Wildman–Crippen MR) is 122 cm³/mol. The maximum absolute atomic E-state index is 10.4. The molecule has 0 amide bonds. The maximum atomic E-state index is 10.4. The zero-order valence-electron chi connectivity index (χ0n) is 18.0. The van der Waals surface area contributed by atoms with Crippen LogP contribution in [0.4, 0.5) is 5.69 Å². The number of pyridine rings is 1. The Bertz CT molecular complexity index is 1080. The summed E-state index contributed by atoms with van der Waals surface area (Å²) in [6.07, 6.45) is 8.27. The van der Waals surface area contributed by atoms with Crippen molar-refractivity contribution in [3.8, 4) is 0 Å². The lowest BCUT2D eigenvalue weighted by Gasteiger charge is -2.17. The fourth-order valence-electron chi connectivity index (χ4n) is 2.64. The Hall–Kier alpha value is -3.00. The number of hydrogen-bond acceptors (Lipinski definition) is 5. The third-order valence-electron chi connectivity index (χ3n) is 4.55. The summed E-state index contributed by atoms with van der Waals surface area (Å²) in [4.78, 5) is 1.85. The summed E-state index contributed by atoms with van der Waals surface area (Å²) in [6.45, 7) is 2.64. The number of benzene rings is 2. The van der Waals surface area contributed by atoms with Crippen LogP contribution in [0.15, 0.2) is 78.0 Å². The van der Waals surface area contributed by atoms with Gasteiger partial charge in [0.25, 0.3) is 0 Å². The van der Waals surface area contributed by atoms with Crippen LogP contribution in [-0.4, -0.2) is 38.3 Å². The molecule has 0 aliphatic rings. The monoisotopic (exact) mass is 440 g/mol. The highest BCUT2D eigenvalue weighted by Crippen LogP contribution is 2.15. The zero-order chi connectivity index (χ0) is 22.9. The van der Waals surface area contributed by atoms with Crippen LogP contribution in [0.1, 0.15) is 16.7 Å². The van der Waals surface area contributed by atoms with Crippen molar-refractivity contribution in [2.24, 2.45) is 7.05 Å². The van der Waals surface area contributed by atoms with E-state index in [-0.39, 0.29) is 11.5 Å². The number of anilines is 1. The first-order valence-corrected chi connectivity index (χ1v) is 11.2. The van der Waals surface area contributed by atoms with E-state index in [0.717, 1.165) is 11.3 Å². The number of hydrogen-bond donors (Lipinski definition) is 1. The van der Waals surface area contributed by atoms with Gasteiger partial charge in [-0.3, -0.25) is 0 Å². The second-order valence-electron chi connectivity index (χ2n) is 7.13.